The molecule has 3 nitrogen and oxygen atoms in total. The lowest BCUT2D eigenvalue weighted by atomic mass is 10.4. The van der Waals surface area contributed by atoms with Gasteiger partial charge in [-0.05, 0) is 6.42 Å². The van der Waals surface area contributed by atoms with Crippen LogP contribution in [0.15, 0.2) is 0 Å². The van der Waals surface area contributed by atoms with Crippen molar-refractivity contribution in [2.45, 2.75) is 19.8 Å². The van der Waals surface area contributed by atoms with E-state index in [0.717, 1.165) is 6.42 Å². The number of aliphatic hydroxyl groups excluding tert-OH is 1. The van der Waals surface area contributed by atoms with Gasteiger partial charge in [0, 0.05) is 13.0 Å². The number of carbonyl (C=O) groups excluding carboxylic acids is 1. The second kappa shape index (κ2) is 5.56. The van der Waals surface area contributed by atoms with E-state index in [-0.39, 0.29) is 18.9 Å². The summed E-state index contributed by atoms with van der Waals surface area (Å²) in [5.74, 6) is -0.0700. The van der Waals surface area contributed by atoms with E-state index in [1.807, 2.05) is 6.92 Å². The Hall–Kier alpha value is -0.570. The molecule has 1 amide bonds. The molecule has 0 rings (SSSR count). The van der Waals surface area contributed by atoms with Crippen molar-refractivity contribution in [3.05, 3.63) is 0 Å². The summed E-state index contributed by atoms with van der Waals surface area (Å²) in [5, 5.41) is 10.9. The Labute approximate surface area is 55.1 Å². The van der Waals surface area contributed by atoms with Gasteiger partial charge in [-0.3, -0.25) is 4.79 Å². The van der Waals surface area contributed by atoms with Crippen LogP contribution in [0.5, 0.6) is 0 Å². The Balaban J connectivity index is 3.06. The second-order valence-electron chi connectivity index (χ2n) is 1.82. The van der Waals surface area contributed by atoms with Crippen LogP contribution < -0.4 is 5.32 Å². The van der Waals surface area contributed by atoms with Crippen LogP contribution in [-0.4, -0.2) is 24.2 Å². The molecule has 0 fully saturated rings. The summed E-state index contributed by atoms with van der Waals surface area (Å²) >= 11 is 0. The summed E-state index contributed by atoms with van der Waals surface area (Å²) in [6.45, 7) is 2.63. The number of carbonyl (C=O) groups is 1. The van der Waals surface area contributed by atoms with Gasteiger partial charge in [-0.25, -0.2) is 0 Å². The molecule has 2 N–H and O–H groups in total. The van der Waals surface area contributed by atoms with Gasteiger partial charge in [0.15, 0.2) is 0 Å². The van der Waals surface area contributed by atoms with Gasteiger partial charge in [0.2, 0.25) is 5.91 Å². The third-order valence-corrected chi connectivity index (χ3v) is 0.911. The van der Waals surface area contributed by atoms with Crippen LogP contribution in [0.3, 0.4) is 0 Å². The first-order valence-corrected chi connectivity index (χ1v) is 3.18. The highest BCUT2D eigenvalue weighted by Gasteiger charge is 1.95. The number of hydrogen-bond donors (Lipinski definition) is 2. The molecule has 0 radical (unpaired) electrons. The Bertz CT molecular complexity index is 83.1. The predicted octanol–water partition coefficient (Wildman–Crippen LogP) is -0.105. The lowest BCUT2D eigenvalue weighted by Crippen LogP contribution is -2.24. The lowest BCUT2D eigenvalue weighted by Gasteiger charge is -1.98. The van der Waals surface area contributed by atoms with Gasteiger partial charge >= 0.3 is 0 Å². The Morgan fingerprint density at radius 3 is 2.78 bits per heavy atom. The second-order valence-corrected chi connectivity index (χ2v) is 1.82. The maximum Gasteiger partial charge on any atom is 0.222 e. The molecular formula is C6H13NO2. The summed E-state index contributed by atoms with van der Waals surface area (Å²) in [6, 6.07) is 0. The highest BCUT2D eigenvalue weighted by molar-refractivity contribution is 5.75. The van der Waals surface area contributed by atoms with E-state index in [1.54, 1.807) is 0 Å². The van der Waals surface area contributed by atoms with Crippen LogP contribution in [0.4, 0.5) is 0 Å². The Morgan fingerprint density at radius 2 is 2.33 bits per heavy atom. The number of nitrogens with one attached hydrogen (secondary N) is 1. The van der Waals surface area contributed by atoms with Crippen molar-refractivity contribution >= 4 is 5.91 Å². The van der Waals surface area contributed by atoms with Crippen LogP contribution in [0.2, 0.25) is 0 Å². The maximum atomic E-state index is 10.5. The van der Waals surface area contributed by atoms with Crippen molar-refractivity contribution in [3.8, 4) is 0 Å². The minimum atomic E-state index is -0.0700. The zero-order valence-electron chi connectivity index (χ0n) is 5.68. The van der Waals surface area contributed by atoms with E-state index in [1.165, 1.54) is 0 Å². The van der Waals surface area contributed by atoms with Crippen molar-refractivity contribution in [2.24, 2.45) is 0 Å². The largest absolute Gasteiger partial charge is 0.396 e. The van der Waals surface area contributed by atoms with Gasteiger partial charge in [-0.2, -0.15) is 0 Å². The summed E-state index contributed by atoms with van der Waals surface area (Å²) in [5.41, 5.74) is 0. The molecular weight excluding hydrogens is 118 g/mol. The summed E-state index contributed by atoms with van der Waals surface area (Å²) in [7, 11) is 0. The Morgan fingerprint density at radius 1 is 1.67 bits per heavy atom. The first-order valence-electron chi connectivity index (χ1n) is 3.18. The van der Waals surface area contributed by atoms with Crippen LogP contribution in [-0.2, 0) is 4.79 Å². The van der Waals surface area contributed by atoms with E-state index in [4.69, 9.17) is 5.11 Å². The fraction of sp³-hybridized carbons (Fsp3) is 0.833. The average molecular weight is 131 g/mol. The van der Waals surface area contributed by atoms with Crippen LogP contribution in [0, 0.1) is 0 Å². The van der Waals surface area contributed by atoms with Crippen LogP contribution in [0.1, 0.15) is 19.8 Å². The van der Waals surface area contributed by atoms with E-state index in [2.05, 4.69) is 5.32 Å². The predicted molar refractivity (Wildman–Crippen MR) is 35.0 cm³/mol. The summed E-state index contributed by atoms with van der Waals surface area (Å²) < 4.78 is 0. The topological polar surface area (TPSA) is 49.3 Å². The molecule has 0 atom stereocenters. The molecule has 0 unspecified atom stereocenters. The molecule has 0 aliphatic carbocycles. The van der Waals surface area contributed by atoms with E-state index >= 15 is 0 Å². The van der Waals surface area contributed by atoms with E-state index < -0.39 is 0 Å². The van der Waals surface area contributed by atoms with E-state index in [0.29, 0.717) is 6.54 Å². The van der Waals surface area contributed by atoms with Crippen molar-refractivity contribution < 1.29 is 9.90 Å². The third-order valence-electron chi connectivity index (χ3n) is 0.911. The van der Waals surface area contributed by atoms with Crippen LogP contribution in [0.25, 0.3) is 0 Å². The fourth-order valence-corrected chi connectivity index (χ4v) is 0.454. The van der Waals surface area contributed by atoms with Gasteiger partial charge in [0.05, 0.1) is 6.61 Å². The smallest absolute Gasteiger partial charge is 0.222 e. The number of amides is 1. The SMILES string of the molecule is CCCNC(=O)CCO. The molecule has 0 saturated carbocycles. The zero-order chi connectivity index (χ0) is 7.11. The number of hydrogen-bond acceptors (Lipinski definition) is 2. The highest BCUT2D eigenvalue weighted by Crippen LogP contribution is 1.76. The molecule has 0 aromatic heterocycles. The quantitative estimate of drug-likeness (QED) is 0.559. The molecule has 0 aliphatic rings. The van der Waals surface area contributed by atoms with Crippen LogP contribution >= 0.6 is 0 Å². The number of rotatable bonds is 4. The van der Waals surface area contributed by atoms with Crippen molar-refractivity contribution in [3.63, 3.8) is 0 Å². The lowest BCUT2D eigenvalue weighted by molar-refractivity contribution is -0.121. The standard InChI is InChI=1S/C6H13NO2/c1-2-4-7-6(9)3-5-8/h8H,2-5H2,1H3,(H,7,9). The molecule has 54 valence electrons. The minimum absolute atomic E-state index is 0.0600. The van der Waals surface area contributed by atoms with Gasteiger partial charge in [0.1, 0.15) is 0 Å². The summed E-state index contributed by atoms with van der Waals surface area (Å²) in [6.07, 6.45) is 1.16. The molecule has 9 heavy (non-hydrogen) atoms. The molecule has 0 aromatic rings. The number of aliphatic hydroxyl groups is 1. The summed E-state index contributed by atoms with van der Waals surface area (Å²) in [4.78, 5) is 10.5. The monoisotopic (exact) mass is 131 g/mol. The molecule has 0 aliphatic heterocycles. The van der Waals surface area contributed by atoms with Gasteiger partial charge in [-0.15, -0.1) is 0 Å². The van der Waals surface area contributed by atoms with Crippen molar-refractivity contribution in [1.29, 1.82) is 0 Å². The van der Waals surface area contributed by atoms with Crippen molar-refractivity contribution in [2.75, 3.05) is 13.2 Å². The van der Waals surface area contributed by atoms with Gasteiger partial charge in [-0.1, -0.05) is 6.92 Å². The molecule has 0 spiro atoms. The molecule has 0 heterocycles. The highest BCUT2D eigenvalue weighted by atomic mass is 16.3. The zero-order valence-corrected chi connectivity index (χ0v) is 5.68. The van der Waals surface area contributed by atoms with Gasteiger partial charge < -0.3 is 10.4 Å². The molecule has 0 aromatic carbocycles. The molecule has 0 bridgehead atoms. The average Bonchev–Trinajstić information content (AvgIpc) is 1.85. The van der Waals surface area contributed by atoms with Crippen molar-refractivity contribution in [1.82, 2.24) is 5.32 Å². The van der Waals surface area contributed by atoms with Gasteiger partial charge in [0.25, 0.3) is 0 Å². The maximum absolute atomic E-state index is 10.5. The first kappa shape index (κ1) is 8.43. The Kier molecular flexibility index (Phi) is 5.21. The van der Waals surface area contributed by atoms with E-state index in [9.17, 15) is 4.79 Å². The molecule has 3 heteroatoms. The molecule has 0 saturated heterocycles. The minimum Gasteiger partial charge on any atom is -0.396 e. The fourth-order valence-electron chi connectivity index (χ4n) is 0.454. The normalized spacial score (nSPS) is 9.11. The third kappa shape index (κ3) is 5.30. The first-order chi connectivity index (χ1) is 4.31.